The second-order valence-electron chi connectivity index (χ2n) is 7.28. The molecule has 0 spiro atoms. The van der Waals surface area contributed by atoms with Crippen molar-refractivity contribution in [2.24, 2.45) is 5.92 Å². The molecule has 1 fully saturated rings. The second kappa shape index (κ2) is 9.20. The van der Waals surface area contributed by atoms with Crippen molar-refractivity contribution in [2.45, 2.75) is 31.1 Å². The number of sulfonamides is 1. The van der Waals surface area contributed by atoms with Crippen molar-refractivity contribution in [1.82, 2.24) is 4.31 Å². The predicted octanol–water partition coefficient (Wildman–Crippen LogP) is 2.99. The predicted molar refractivity (Wildman–Crippen MR) is 112 cm³/mol. The molecule has 0 saturated carbocycles. The highest BCUT2D eigenvalue weighted by Gasteiger charge is 2.32. The Morgan fingerprint density at radius 1 is 1.07 bits per heavy atom. The van der Waals surface area contributed by atoms with Crippen LogP contribution in [0.3, 0.4) is 0 Å². The van der Waals surface area contributed by atoms with Crippen LogP contribution in [0.5, 0.6) is 0 Å². The summed E-state index contributed by atoms with van der Waals surface area (Å²) in [6.07, 6.45) is 1.19. The maximum absolute atomic E-state index is 12.8. The zero-order valence-corrected chi connectivity index (χ0v) is 17.5. The molecule has 1 saturated heterocycles. The molecule has 1 amide bonds. The molecule has 1 heterocycles. The lowest BCUT2D eigenvalue weighted by atomic mass is 9.97. The Balaban J connectivity index is 1.58. The third-order valence-corrected chi connectivity index (χ3v) is 7.14. The average Bonchev–Trinajstić information content (AvgIpc) is 2.75. The Bertz CT molecular complexity index is 1060. The fourth-order valence-corrected chi connectivity index (χ4v) is 4.88. The molecule has 1 N–H and O–H groups in total. The maximum atomic E-state index is 12.8. The number of Topliss-reactive ketones (excluding diaryl/α,β-unsaturated/α-hetero) is 1. The second-order valence-corrected chi connectivity index (χ2v) is 9.22. The first kappa shape index (κ1) is 21.7. The average molecular weight is 426 g/mol. The number of nitriles is 1. The zero-order valence-electron chi connectivity index (χ0n) is 16.7. The van der Waals surface area contributed by atoms with Crippen molar-refractivity contribution in [3.63, 3.8) is 0 Å². The van der Waals surface area contributed by atoms with Crippen molar-refractivity contribution in [2.75, 3.05) is 18.4 Å². The smallest absolute Gasteiger partial charge is 0.243 e. The molecule has 0 atom stereocenters. The molecule has 2 aromatic carbocycles. The highest BCUT2D eigenvalue weighted by Crippen LogP contribution is 2.25. The van der Waals surface area contributed by atoms with Gasteiger partial charge < -0.3 is 5.32 Å². The van der Waals surface area contributed by atoms with Crippen LogP contribution in [0, 0.1) is 17.2 Å². The van der Waals surface area contributed by atoms with Crippen molar-refractivity contribution < 1.29 is 18.0 Å². The molecule has 156 valence electrons. The number of anilines is 1. The van der Waals surface area contributed by atoms with Gasteiger partial charge in [-0.1, -0.05) is 24.3 Å². The minimum absolute atomic E-state index is 0.120. The van der Waals surface area contributed by atoms with Gasteiger partial charge in [-0.25, -0.2) is 8.42 Å². The van der Waals surface area contributed by atoms with Crippen molar-refractivity contribution in [3.05, 3.63) is 59.7 Å². The summed E-state index contributed by atoms with van der Waals surface area (Å²) in [5, 5.41) is 11.6. The lowest BCUT2D eigenvalue weighted by Crippen LogP contribution is -2.41. The van der Waals surface area contributed by atoms with Crippen molar-refractivity contribution in [1.29, 1.82) is 5.26 Å². The van der Waals surface area contributed by atoms with Gasteiger partial charge in [-0.2, -0.15) is 9.57 Å². The number of piperidine rings is 1. The van der Waals surface area contributed by atoms with E-state index >= 15 is 0 Å². The van der Waals surface area contributed by atoms with E-state index in [2.05, 4.69) is 11.4 Å². The Kier molecular flexibility index (Phi) is 6.65. The molecular formula is C22H23N3O4S. The fraction of sp³-hybridized carbons (Fsp3) is 0.318. The number of nitrogens with zero attached hydrogens (tertiary/aromatic N) is 2. The molecule has 0 aliphatic carbocycles. The van der Waals surface area contributed by atoms with E-state index in [1.807, 2.05) is 0 Å². The van der Waals surface area contributed by atoms with Crippen molar-refractivity contribution >= 4 is 27.4 Å². The van der Waals surface area contributed by atoms with E-state index in [1.165, 1.54) is 35.5 Å². The summed E-state index contributed by atoms with van der Waals surface area (Å²) in [6.45, 7) is 1.95. The first-order valence-electron chi connectivity index (χ1n) is 9.69. The van der Waals surface area contributed by atoms with Crippen LogP contribution >= 0.6 is 0 Å². The largest absolute Gasteiger partial charge is 0.326 e. The van der Waals surface area contributed by atoms with E-state index in [4.69, 9.17) is 5.26 Å². The monoisotopic (exact) mass is 425 g/mol. The minimum Gasteiger partial charge on any atom is -0.326 e. The van der Waals surface area contributed by atoms with Crippen LogP contribution in [0.1, 0.15) is 35.7 Å². The normalized spacial score (nSPS) is 15.3. The van der Waals surface area contributed by atoms with Gasteiger partial charge >= 0.3 is 0 Å². The summed E-state index contributed by atoms with van der Waals surface area (Å²) in [5.41, 5.74) is 2.00. The van der Waals surface area contributed by atoms with Gasteiger partial charge in [0.2, 0.25) is 15.9 Å². The highest BCUT2D eigenvalue weighted by molar-refractivity contribution is 7.89. The van der Waals surface area contributed by atoms with Gasteiger partial charge in [-0.05, 0) is 49.6 Å². The third kappa shape index (κ3) is 4.93. The first-order valence-corrected chi connectivity index (χ1v) is 11.1. The molecule has 30 heavy (non-hydrogen) atoms. The molecule has 0 radical (unpaired) electrons. The summed E-state index contributed by atoms with van der Waals surface area (Å²) < 4.78 is 27.1. The Morgan fingerprint density at radius 3 is 2.20 bits per heavy atom. The van der Waals surface area contributed by atoms with Gasteiger partial charge in [-0.3, -0.25) is 9.59 Å². The standard InChI is InChI=1S/C22H23N3O4S/c1-16(26)18-4-8-21(9-5-18)30(28,29)25-14-11-19(12-15-25)22(27)24-20-6-2-17(3-7-20)10-13-23/h2-9,19H,10-12,14-15H2,1H3,(H,24,27). The number of nitrogens with one attached hydrogen (secondary N) is 1. The van der Waals surface area contributed by atoms with Crippen LogP contribution in [0.15, 0.2) is 53.4 Å². The molecule has 1 aliphatic rings. The number of carbonyl (C=O) groups is 2. The molecule has 8 heteroatoms. The van der Waals surface area contributed by atoms with E-state index in [-0.39, 0.29) is 35.6 Å². The number of hydrogen-bond donors (Lipinski definition) is 1. The van der Waals surface area contributed by atoms with E-state index in [0.29, 0.717) is 30.5 Å². The van der Waals surface area contributed by atoms with Crippen LogP contribution in [-0.2, 0) is 21.2 Å². The first-order chi connectivity index (χ1) is 14.3. The molecular weight excluding hydrogens is 402 g/mol. The summed E-state index contributed by atoms with van der Waals surface area (Å²) in [7, 11) is -3.66. The third-order valence-electron chi connectivity index (χ3n) is 5.23. The zero-order chi connectivity index (χ0) is 21.7. The SMILES string of the molecule is CC(=O)c1ccc(S(=O)(=O)N2CCC(C(=O)Nc3ccc(CC#N)cc3)CC2)cc1. The van der Waals surface area contributed by atoms with Crippen LogP contribution in [0.2, 0.25) is 0 Å². The molecule has 0 bridgehead atoms. The summed E-state index contributed by atoms with van der Waals surface area (Å²) >= 11 is 0. The lowest BCUT2D eigenvalue weighted by Gasteiger charge is -2.30. The van der Waals surface area contributed by atoms with Crippen LogP contribution in [0.4, 0.5) is 5.69 Å². The van der Waals surface area contributed by atoms with E-state index < -0.39 is 10.0 Å². The fourth-order valence-electron chi connectivity index (χ4n) is 3.41. The van der Waals surface area contributed by atoms with E-state index in [9.17, 15) is 18.0 Å². The molecule has 0 unspecified atom stereocenters. The van der Waals surface area contributed by atoms with Crippen LogP contribution in [-0.4, -0.2) is 37.5 Å². The van der Waals surface area contributed by atoms with Gasteiger partial charge in [0.05, 0.1) is 17.4 Å². The number of hydrogen-bond acceptors (Lipinski definition) is 5. The van der Waals surface area contributed by atoms with Gasteiger partial charge in [-0.15, -0.1) is 0 Å². The van der Waals surface area contributed by atoms with Gasteiger partial charge in [0, 0.05) is 30.3 Å². The summed E-state index contributed by atoms with van der Waals surface area (Å²) in [6, 6.07) is 15.1. The Morgan fingerprint density at radius 2 is 1.67 bits per heavy atom. The lowest BCUT2D eigenvalue weighted by molar-refractivity contribution is -0.120. The number of carbonyl (C=O) groups excluding carboxylic acids is 2. The Hall–Kier alpha value is -3.02. The molecule has 2 aromatic rings. The van der Waals surface area contributed by atoms with E-state index in [1.54, 1.807) is 24.3 Å². The van der Waals surface area contributed by atoms with Crippen molar-refractivity contribution in [3.8, 4) is 6.07 Å². The van der Waals surface area contributed by atoms with Gasteiger partial charge in [0.1, 0.15) is 0 Å². The highest BCUT2D eigenvalue weighted by atomic mass is 32.2. The van der Waals surface area contributed by atoms with Gasteiger partial charge in [0.15, 0.2) is 5.78 Å². The van der Waals surface area contributed by atoms with Crippen LogP contribution in [0.25, 0.3) is 0 Å². The minimum atomic E-state index is -3.66. The maximum Gasteiger partial charge on any atom is 0.243 e. The summed E-state index contributed by atoms with van der Waals surface area (Å²) in [4.78, 5) is 24.1. The molecule has 0 aromatic heterocycles. The van der Waals surface area contributed by atoms with Gasteiger partial charge in [0.25, 0.3) is 0 Å². The van der Waals surface area contributed by atoms with Crippen LogP contribution < -0.4 is 5.32 Å². The molecule has 1 aliphatic heterocycles. The molecule has 7 nitrogen and oxygen atoms in total. The van der Waals surface area contributed by atoms with E-state index in [0.717, 1.165) is 5.56 Å². The number of rotatable bonds is 6. The Labute approximate surface area is 176 Å². The number of amides is 1. The number of benzene rings is 2. The topological polar surface area (TPSA) is 107 Å². The number of ketones is 1. The molecule has 3 rings (SSSR count). The summed E-state index contributed by atoms with van der Waals surface area (Å²) in [5.74, 6) is -0.522. The quantitative estimate of drug-likeness (QED) is 0.716.